The van der Waals surface area contributed by atoms with Crippen LogP contribution in [0.3, 0.4) is 0 Å². The van der Waals surface area contributed by atoms with Crippen LogP contribution in [0.1, 0.15) is 51.0 Å². The predicted molar refractivity (Wildman–Crippen MR) is 82.3 cm³/mol. The van der Waals surface area contributed by atoms with Crippen LogP contribution in [0.15, 0.2) is 35.4 Å². The number of benzene rings is 1. The average molecular weight is 287 g/mol. The fourth-order valence-electron chi connectivity index (χ4n) is 2.55. The maximum Gasteiger partial charge on any atom is 0.332 e. The first-order valence-corrected chi connectivity index (χ1v) is 7.35. The minimum Gasteiger partial charge on any atom is -0.478 e. The van der Waals surface area contributed by atoms with Crippen LogP contribution in [0.5, 0.6) is 0 Å². The Morgan fingerprint density at radius 3 is 2.14 bits per heavy atom. The maximum atomic E-state index is 12.3. The first-order chi connectivity index (χ1) is 9.99. The molecule has 0 spiro atoms. The molecule has 0 radical (unpaired) electrons. The van der Waals surface area contributed by atoms with Crippen molar-refractivity contribution in [3.63, 3.8) is 0 Å². The number of aliphatic carboxylic acids is 1. The van der Waals surface area contributed by atoms with Gasteiger partial charge in [0.15, 0.2) is 0 Å². The van der Waals surface area contributed by atoms with Crippen molar-refractivity contribution in [1.82, 2.24) is 0 Å². The van der Waals surface area contributed by atoms with Crippen LogP contribution in [-0.4, -0.2) is 17.0 Å². The first kappa shape index (κ1) is 15.3. The highest BCUT2D eigenvalue weighted by Crippen LogP contribution is 2.26. The van der Waals surface area contributed by atoms with Gasteiger partial charge in [-0.3, -0.25) is 4.79 Å². The molecule has 4 heteroatoms. The zero-order chi connectivity index (χ0) is 15.4. The average Bonchev–Trinajstić information content (AvgIpc) is 2.47. The molecule has 0 saturated heterocycles. The van der Waals surface area contributed by atoms with Crippen LogP contribution in [0.4, 0.5) is 5.69 Å². The highest BCUT2D eigenvalue weighted by molar-refractivity contribution is 6.08. The zero-order valence-corrected chi connectivity index (χ0v) is 12.5. The number of hydrogen-bond acceptors (Lipinski definition) is 2. The molecule has 4 nitrogen and oxygen atoms in total. The summed E-state index contributed by atoms with van der Waals surface area (Å²) in [5, 5.41) is 12.0. The van der Waals surface area contributed by atoms with Gasteiger partial charge < -0.3 is 10.4 Å². The van der Waals surface area contributed by atoms with E-state index in [1.54, 1.807) is 0 Å². The quantitative estimate of drug-likeness (QED) is 0.887. The van der Waals surface area contributed by atoms with E-state index in [0.717, 1.165) is 12.8 Å². The Bertz CT molecular complexity index is 570. The van der Waals surface area contributed by atoms with Crippen molar-refractivity contribution in [1.29, 1.82) is 0 Å². The van der Waals surface area contributed by atoms with E-state index in [2.05, 4.69) is 19.2 Å². The fraction of sp³-hybridized carbons (Fsp3) is 0.412. The largest absolute Gasteiger partial charge is 0.478 e. The van der Waals surface area contributed by atoms with Gasteiger partial charge in [0, 0.05) is 16.8 Å². The van der Waals surface area contributed by atoms with Crippen molar-refractivity contribution in [2.45, 2.75) is 45.4 Å². The monoisotopic (exact) mass is 287 g/mol. The molecule has 0 aromatic heterocycles. The summed E-state index contributed by atoms with van der Waals surface area (Å²) in [6.07, 6.45) is 2.72. The van der Waals surface area contributed by atoms with Gasteiger partial charge in [0.25, 0.3) is 5.91 Å². The van der Waals surface area contributed by atoms with Gasteiger partial charge >= 0.3 is 5.97 Å². The third-order valence-electron chi connectivity index (χ3n) is 3.84. The van der Waals surface area contributed by atoms with E-state index < -0.39 is 5.97 Å². The molecule has 0 aliphatic heterocycles. The van der Waals surface area contributed by atoms with Crippen molar-refractivity contribution in [3.05, 3.63) is 41.0 Å². The van der Waals surface area contributed by atoms with Gasteiger partial charge in [-0.15, -0.1) is 0 Å². The minimum atomic E-state index is -0.977. The van der Waals surface area contributed by atoms with Crippen LogP contribution < -0.4 is 5.32 Å². The number of carboxylic acids is 1. The number of carbonyl (C=O) groups excluding carboxylic acids is 1. The molecule has 2 N–H and O–H groups in total. The lowest BCUT2D eigenvalue weighted by atomic mass is 9.91. The minimum absolute atomic E-state index is 0.262. The second-order valence-corrected chi connectivity index (χ2v) is 5.70. The Morgan fingerprint density at radius 1 is 1.05 bits per heavy atom. The van der Waals surface area contributed by atoms with Crippen LogP contribution in [0, 0.1) is 0 Å². The number of carbonyl (C=O) groups is 2. The third kappa shape index (κ3) is 3.72. The van der Waals surface area contributed by atoms with Gasteiger partial charge in [0.1, 0.15) is 0 Å². The summed E-state index contributed by atoms with van der Waals surface area (Å²) in [5.74, 6) is -0.825. The van der Waals surface area contributed by atoms with Crippen LogP contribution in [0.2, 0.25) is 0 Å². The predicted octanol–water partition coefficient (Wildman–Crippen LogP) is 3.70. The smallest absolute Gasteiger partial charge is 0.332 e. The molecular formula is C17H21NO3. The normalized spacial score (nSPS) is 15.2. The molecule has 0 unspecified atom stereocenters. The summed E-state index contributed by atoms with van der Waals surface area (Å²) < 4.78 is 0. The topological polar surface area (TPSA) is 66.4 Å². The van der Waals surface area contributed by atoms with E-state index in [1.165, 1.54) is 5.56 Å². The number of anilines is 1. The van der Waals surface area contributed by atoms with Crippen molar-refractivity contribution in [2.75, 3.05) is 5.32 Å². The molecule has 0 atom stereocenters. The number of nitrogens with one attached hydrogen (secondary N) is 1. The number of hydrogen-bond donors (Lipinski definition) is 2. The molecule has 1 aliphatic carbocycles. The lowest BCUT2D eigenvalue weighted by molar-refractivity contribution is -0.133. The Hall–Kier alpha value is -2.10. The Balaban J connectivity index is 2.15. The molecule has 1 aromatic rings. The van der Waals surface area contributed by atoms with Crippen molar-refractivity contribution >= 4 is 17.6 Å². The summed E-state index contributed by atoms with van der Waals surface area (Å²) in [5.41, 5.74) is 2.59. The van der Waals surface area contributed by atoms with Gasteiger partial charge in [0.2, 0.25) is 0 Å². The first-order valence-electron chi connectivity index (χ1n) is 7.35. The van der Waals surface area contributed by atoms with Gasteiger partial charge in [0.05, 0.1) is 0 Å². The van der Waals surface area contributed by atoms with Crippen LogP contribution >= 0.6 is 0 Å². The summed E-state index contributed by atoms with van der Waals surface area (Å²) in [7, 11) is 0. The molecular weight excluding hydrogens is 266 g/mol. The molecule has 21 heavy (non-hydrogen) atoms. The van der Waals surface area contributed by atoms with Gasteiger partial charge in [-0.1, -0.05) is 26.0 Å². The molecule has 112 valence electrons. The fourth-order valence-corrected chi connectivity index (χ4v) is 2.55. The SMILES string of the molecule is CC(C)c1ccc(NC(=O)C2=C(C(=O)O)CCCC2)cc1. The Labute approximate surface area is 124 Å². The van der Waals surface area contributed by atoms with Crippen molar-refractivity contribution in [2.24, 2.45) is 0 Å². The molecule has 0 fully saturated rings. The van der Waals surface area contributed by atoms with Gasteiger partial charge in [-0.25, -0.2) is 4.79 Å². The lowest BCUT2D eigenvalue weighted by Gasteiger charge is -2.17. The molecule has 0 heterocycles. The van der Waals surface area contributed by atoms with E-state index in [1.807, 2.05) is 24.3 Å². The summed E-state index contributed by atoms with van der Waals surface area (Å²) in [6.45, 7) is 4.22. The zero-order valence-electron chi connectivity index (χ0n) is 12.5. The van der Waals surface area contributed by atoms with Gasteiger partial charge in [-0.2, -0.15) is 0 Å². The summed E-state index contributed by atoms with van der Waals surface area (Å²) in [6, 6.07) is 7.68. The lowest BCUT2D eigenvalue weighted by Crippen LogP contribution is -2.21. The highest BCUT2D eigenvalue weighted by atomic mass is 16.4. The van der Waals surface area contributed by atoms with Crippen LogP contribution in [-0.2, 0) is 9.59 Å². The second kappa shape index (κ2) is 6.57. The second-order valence-electron chi connectivity index (χ2n) is 5.70. The molecule has 0 saturated carbocycles. The maximum absolute atomic E-state index is 12.3. The van der Waals surface area contributed by atoms with Gasteiger partial charge in [-0.05, 0) is 49.3 Å². The molecule has 1 aliphatic rings. The van der Waals surface area contributed by atoms with Crippen LogP contribution in [0.25, 0.3) is 0 Å². The van der Waals surface area contributed by atoms with E-state index in [4.69, 9.17) is 0 Å². The van der Waals surface area contributed by atoms with E-state index in [9.17, 15) is 14.7 Å². The van der Waals surface area contributed by atoms with Crippen molar-refractivity contribution < 1.29 is 14.7 Å². The third-order valence-corrected chi connectivity index (χ3v) is 3.84. The number of amides is 1. The van der Waals surface area contributed by atoms with Crippen molar-refractivity contribution in [3.8, 4) is 0 Å². The summed E-state index contributed by atoms with van der Waals surface area (Å²) in [4.78, 5) is 23.5. The Kier molecular flexibility index (Phi) is 4.78. The molecule has 1 amide bonds. The molecule has 0 bridgehead atoms. The summed E-state index contributed by atoms with van der Waals surface area (Å²) >= 11 is 0. The van der Waals surface area contributed by atoms with E-state index in [0.29, 0.717) is 30.0 Å². The van der Waals surface area contributed by atoms with E-state index >= 15 is 0 Å². The Morgan fingerprint density at radius 2 is 1.62 bits per heavy atom. The molecule has 2 rings (SSSR count). The molecule has 1 aromatic carbocycles. The number of carboxylic acid groups (broad SMARTS) is 1. The number of rotatable bonds is 4. The van der Waals surface area contributed by atoms with E-state index in [-0.39, 0.29) is 11.5 Å². The highest BCUT2D eigenvalue weighted by Gasteiger charge is 2.23. The standard InChI is InChI=1S/C17H21NO3/c1-11(2)12-7-9-13(10-8-12)18-16(19)14-5-3-4-6-15(14)17(20)21/h7-11H,3-6H2,1-2H3,(H,18,19)(H,20,21).